The molecule has 1 rings (SSSR count). The molecular weight excluding hydrogens is 187 g/mol. The van der Waals surface area contributed by atoms with Gasteiger partial charge in [0, 0.05) is 6.54 Å². The number of halogens is 1. The highest BCUT2D eigenvalue weighted by Gasteiger charge is 2.11. The van der Waals surface area contributed by atoms with Gasteiger partial charge in [0.15, 0.2) is 0 Å². The molecule has 0 bridgehead atoms. The monoisotopic (exact) mass is 198 g/mol. The first-order chi connectivity index (χ1) is 6.65. The lowest BCUT2D eigenvalue weighted by molar-refractivity contribution is 0.0697. The van der Waals surface area contributed by atoms with Crippen molar-refractivity contribution in [3.63, 3.8) is 0 Å². The zero-order chi connectivity index (χ0) is 10.6. The van der Waals surface area contributed by atoms with Gasteiger partial charge in [-0.25, -0.2) is 14.2 Å². The van der Waals surface area contributed by atoms with Crippen LogP contribution in [0.5, 0.6) is 0 Å². The van der Waals surface area contributed by atoms with Crippen molar-refractivity contribution < 1.29 is 14.3 Å². The third kappa shape index (κ3) is 2.42. The van der Waals surface area contributed by atoms with Crippen LogP contribution in [0, 0.1) is 5.82 Å². The van der Waals surface area contributed by atoms with Gasteiger partial charge in [-0.1, -0.05) is 6.92 Å². The van der Waals surface area contributed by atoms with Crippen molar-refractivity contribution in [2.75, 3.05) is 11.9 Å². The highest BCUT2D eigenvalue weighted by molar-refractivity contribution is 5.93. The number of aromatic nitrogens is 1. The Hall–Kier alpha value is -1.65. The summed E-state index contributed by atoms with van der Waals surface area (Å²) in [5.74, 6) is -1.62. The third-order valence-corrected chi connectivity index (χ3v) is 1.63. The Labute approximate surface area is 80.8 Å². The fourth-order valence-corrected chi connectivity index (χ4v) is 0.987. The number of anilines is 1. The van der Waals surface area contributed by atoms with Gasteiger partial charge in [0.2, 0.25) is 0 Å². The summed E-state index contributed by atoms with van der Waals surface area (Å²) in [7, 11) is 0. The molecule has 1 aromatic heterocycles. The molecule has 0 aliphatic carbocycles. The van der Waals surface area contributed by atoms with Crippen LogP contribution in [0.3, 0.4) is 0 Å². The maximum absolute atomic E-state index is 12.7. The highest BCUT2D eigenvalue weighted by Crippen LogP contribution is 2.13. The number of carboxylic acid groups (broad SMARTS) is 1. The number of carbonyl (C=O) groups is 1. The Morgan fingerprint density at radius 2 is 2.43 bits per heavy atom. The number of carboxylic acids is 1. The Balaban J connectivity index is 2.96. The lowest BCUT2D eigenvalue weighted by atomic mass is 10.2. The third-order valence-electron chi connectivity index (χ3n) is 1.63. The topological polar surface area (TPSA) is 62.2 Å². The van der Waals surface area contributed by atoms with Crippen LogP contribution in [0.1, 0.15) is 23.7 Å². The molecule has 0 atom stereocenters. The smallest absolute Gasteiger partial charge is 0.339 e. The van der Waals surface area contributed by atoms with Crippen molar-refractivity contribution >= 4 is 11.8 Å². The first-order valence-electron chi connectivity index (χ1n) is 4.28. The summed E-state index contributed by atoms with van der Waals surface area (Å²) in [5.41, 5.74) is -0.140. The summed E-state index contributed by atoms with van der Waals surface area (Å²) >= 11 is 0. The summed E-state index contributed by atoms with van der Waals surface area (Å²) in [5, 5.41) is 11.6. The number of hydrogen-bond donors (Lipinski definition) is 2. The van der Waals surface area contributed by atoms with Crippen molar-refractivity contribution in [3.05, 3.63) is 23.6 Å². The first kappa shape index (κ1) is 10.4. The molecule has 0 fully saturated rings. The molecule has 0 saturated heterocycles. The van der Waals surface area contributed by atoms with Crippen molar-refractivity contribution in [3.8, 4) is 0 Å². The molecule has 0 aliphatic heterocycles. The van der Waals surface area contributed by atoms with Crippen LogP contribution in [-0.4, -0.2) is 22.6 Å². The molecule has 76 valence electrons. The van der Waals surface area contributed by atoms with E-state index < -0.39 is 11.8 Å². The molecule has 4 nitrogen and oxygen atoms in total. The summed E-state index contributed by atoms with van der Waals surface area (Å²) in [6, 6.07) is 0.952. The van der Waals surface area contributed by atoms with Crippen molar-refractivity contribution in [2.45, 2.75) is 13.3 Å². The van der Waals surface area contributed by atoms with Crippen LogP contribution in [0.2, 0.25) is 0 Å². The largest absolute Gasteiger partial charge is 0.478 e. The standard InChI is InChI=1S/C9H11FN2O2/c1-2-3-11-8-7(9(13)14)4-6(10)5-12-8/h4-5H,2-3H2,1H3,(H,11,12)(H,13,14). The molecule has 1 aromatic rings. The Bertz CT molecular complexity index is 342. The number of rotatable bonds is 4. The molecule has 0 radical (unpaired) electrons. The molecule has 0 saturated carbocycles. The average Bonchev–Trinajstić information content (AvgIpc) is 2.15. The van der Waals surface area contributed by atoms with Gasteiger partial charge in [0.25, 0.3) is 0 Å². The molecule has 0 amide bonds. The molecule has 0 spiro atoms. The van der Waals surface area contributed by atoms with Crippen LogP contribution >= 0.6 is 0 Å². The highest BCUT2D eigenvalue weighted by atomic mass is 19.1. The van der Waals surface area contributed by atoms with E-state index in [2.05, 4.69) is 10.3 Å². The maximum Gasteiger partial charge on any atom is 0.339 e. The van der Waals surface area contributed by atoms with Crippen LogP contribution in [0.25, 0.3) is 0 Å². The van der Waals surface area contributed by atoms with E-state index in [1.165, 1.54) is 0 Å². The molecule has 5 heteroatoms. The fraction of sp³-hybridized carbons (Fsp3) is 0.333. The fourth-order valence-electron chi connectivity index (χ4n) is 0.987. The minimum atomic E-state index is -1.18. The second-order valence-corrected chi connectivity index (χ2v) is 2.78. The van der Waals surface area contributed by atoms with E-state index in [-0.39, 0.29) is 11.4 Å². The van der Waals surface area contributed by atoms with Crippen molar-refractivity contribution in [1.29, 1.82) is 0 Å². The number of aromatic carboxylic acids is 1. The molecule has 14 heavy (non-hydrogen) atoms. The summed E-state index contributed by atoms with van der Waals surface area (Å²) in [6.45, 7) is 2.55. The zero-order valence-corrected chi connectivity index (χ0v) is 7.75. The van der Waals surface area contributed by atoms with Gasteiger partial charge in [0.1, 0.15) is 17.2 Å². The predicted molar refractivity (Wildman–Crippen MR) is 49.9 cm³/mol. The minimum Gasteiger partial charge on any atom is -0.478 e. The van der Waals surface area contributed by atoms with Crippen LogP contribution < -0.4 is 5.32 Å². The zero-order valence-electron chi connectivity index (χ0n) is 7.75. The summed E-state index contributed by atoms with van der Waals surface area (Å²) in [4.78, 5) is 14.4. The van der Waals surface area contributed by atoms with Gasteiger partial charge >= 0.3 is 5.97 Å². The minimum absolute atomic E-state index is 0.140. The molecule has 2 N–H and O–H groups in total. The SMILES string of the molecule is CCCNc1ncc(F)cc1C(=O)O. The molecule has 0 unspecified atom stereocenters. The first-order valence-corrected chi connectivity index (χ1v) is 4.28. The average molecular weight is 198 g/mol. The maximum atomic E-state index is 12.7. The van der Waals surface area contributed by atoms with E-state index in [4.69, 9.17) is 5.11 Å². The number of nitrogens with zero attached hydrogens (tertiary/aromatic N) is 1. The van der Waals surface area contributed by atoms with Gasteiger partial charge in [-0.2, -0.15) is 0 Å². The van der Waals surface area contributed by atoms with E-state index in [0.29, 0.717) is 6.54 Å². The second kappa shape index (κ2) is 4.55. The normalized spacial score (nSPS) is 9.86. The lowest BCUT2D eigenvalue weighted by Gasteiger charge is -2.06. The summed E-state index contributed by atoms with van der Waals surface area (Å²) < 4.78 is 12.7. The molecule has 1 heterocycles. The van der Waals surface area contributed by atoms with Gasteiger partial charge in [0.05, 0.1) is 6.20 Å². The van der Waals surface area contributed by atoms with Gasteiger partial charge in [-0.3, -0.25) is 0 Å². The van der Waals surface area contributed by atoms with Crippen molar-refractivity contribution in [2.24, 2.45) is 0 Å². The van der Waals surface area contributed by atoms with E-state index in [1.807, 2.05) is 6.92 Å². The van der Waals surface area contributed by atoms with Crippen molar-refractivity contribution in [1.82, 2.24) is 4.98 Å². The Morgan fingerprint density at radius 3 is 3.00 bits per heavy atom. The van der Waals surface area contributed by atoms with E-state index in [9.17, 15) is 9.18 Å². The van der Waals surface area contributed by atoms with Crippen LogP contribution in [0.4, 0.5) is 10.2 Å². The molecule has 0 aliphatic rings. The van der Waals surface area contributed by atoms with E-state index in [1.54, 1.807) is 0 Å². The number of pyridine rings is 1. The molecule has 0 aromatic carbocycles. The Kier molecular flexibility index (Phi) is 3.39. The Morgan fingerprint density at radius 1 is 1.71 bits per heavy atom. The van der Waals surface area contributed by atoms with Gasteiger partial charge in [-0.05, 0) is 12.5 Å². The quantitative estimate of drug-likeness (QED) is 0.773. The predicted octanol–water partition coefficient (Wildman–Crippen LogP) is 1.74. The van der Waals surface area contributed by atoms with E-state index >= 15 is 0 Å². The second-order valence-electron chi connectivity index (χ2n) is 2.78. The summed E-state index contributed by atoms with van der Waals surface area (Å²) in [6.07, 6.45) is 1.84. The van der Waals surface area contributed by atoms with Gasteiger partial charge in [-0.15, -0.1) is 0 Å². The van der Waals surface area contributed by atoms with Crippen LogP contribution in [-0.2, 0) is 0 Å². The lowest BCUT2D eigenvalue weighted by Crippen LogP contribution is -2.09. The number of nitrogens with one attached hydrogen (secondary N) is 1. The van der Waals surface area contributed by atoms with E-state index in [0.717, 1.165) is 18.7 Å². The number of hydrogen-bond acceptors (Lipinski definition) is 3. The van der Waals surface area contributed by atoms with Crippen LogP contribution in [0.15, 0.2) is 12.3 Å². The molecular formula is C9H11FN2O2. The van der Waals surface area contributed by atoms with Gasteiger partial charge < -0.3 is 10.4 Å².